The number of benzene rings is 3. The van der Waals surface area contributed by atoms with Gasteiger partial charge < -0.3 is 5.32 Å². The third kappa shape index (κ3) is 4.99. The van der Waals surface area contributed by atoms with Gasteiger partial charge in [-0.1, -0.05) is 54.6 Å². The molecule has 0 atom stereocenters. The van der Waals surface area contributed by atoms with Gasteiger partial charge in [0.1, 0.15) is 0 Å². The number of thioether (sulfide) groups is 1. The van der Waals surface area contributed by atoms with Crippen LogP contribution >= 0.6 is 11.8 Å². The molecule has 26 heavy (non-hydrogen) atoms. The van der Waals surface area contributed by atoms with Crippen molar-refractivity contribution < 1.29 is 4.79 Å². The Bertz CT molecular complexity index is 872. The van der Waals surface area contributed by atoms with Crippen LogP contribution in [-0.2, 0) is 11.5 Å². The molecule has 0 aliphatic rings. The zero-order chi connectivity index (χ0) is 18.4. The third-order valence-corrected chi connectivity index (χ3v) is 5.31. The van der Waals surface area contributed by atoms with Crippen molar-refractivity contribution in [2.24, 2.45) is 0 Å². The lowest BCUT2D eigenvalue weighted by Crippen LogP contribution is -2.12. The minimum absolute atomic E-state index is 0.0674. The summed E-state index contributed by atoms with van der Waals surface area (Å²) < 4.78 is 0. The first-order valence-electron chi connectivity index (χ1n) is 8.71. The van der Waals surface area contributed by atoms with Crippen molar-refractivity contribution in [3.8, 4) is 0 Å². The molecule has 0 aromatic heterocycles. The van der Waals surface area contributed by atoms with Crippen LogP contribution < -0.4 is 5.32 Å². The molecule has 3 aromatic rings. The Labute approximate surface area is 159 Å². The molecule has 0 aliphatic carbocycles. The molecule has 0 heterocycles. The van der Waals surface area contributed by atoms with Crippen LogP contribution in [0.2, 0.25) is 0 Å². The molecule has 0 spiro atoms. The Morgan fingerprint density at radius 2 is 1.50 bits per heavy atom. The van der Waals surface area contributed by atoms with E-state index in [0.717, 1.165) is 28.3 Å². The Hall–Kier alpha value is -2.52. The number of rotatable bonds is 6. The smallest absolute Gasteiger partial charge is 0.255 e. The van der Waals surface area contributed by atoms with E-state index in [1.54, 1.807) is 0 Å². The molecule has 0 radical (unpaired) electrons. The third-order valence-electron chi connectivity index (χ3n) is 4.24. The molecule has 1 amide bonds. The Balaban J connectivity index is 1.56. The molecule has 3 aromatic carbocycles. The molecule has 0 saturated carbocycles. The van der Waals surface area contributed by atoms with Gasteiger partial charge in [-0.15, -0.1) is 0 Å². The highest BCUT2D eigenvalue weighted by atomic mass is 32.2. The first-order valence-corrected chi connectivity index (χ1v) is 9.86. The Morgan fingerprint density at radius 3 is 2.19 bits per heavy atom. The van der Waals surface area contributed by atoms with E-state index < -0.39 is 0 Å². The topological polar surface area (TPSA) is 29.1 Å². The molecular formula is C23H23NOS. The number of carbonyl (C=O) groups is 1. The molecule has 0 unspecified atom stereocenters. The lowest BCUT2D eigenvalue weighted by Gasteiger charge is -2.10. The molecule has 0 saturated heterocycles. The van der Waals surface area contributed by atoms with Gasteiger partial charge in [0.2, 0.25) is 0 Å². The highest BCUT2D eigenvalue weighted by Crippen LogP contribution is 2.20. The van der Waals surface area contributed by atoms with Crippen LogP contribution in [-0.4, -0.2) is 5.91 Å². The fourth-order valence-electron chi connectivity index (χ4n) is 2.68. The fourth-order valence-corrected chi connectivity index (χ4v) is 3.64. The Kier molecular flexibility index (Phi) is 6.13. The number of aryl methyl sites for hydroxylation is 2. The number of hydrogen-bond donors (Lipinski definition) is 1. The molecular weight excluding hydrogens is 338 g/mol. The molecule has 3 heteroatoms. The average molecular weight is 362 g/mol. The maximum Gasteiger partial charge on any atom is 0.255 e. The summed E-state index contributed by atoms with van der Waals surface area (Å²) in [5.41, 5.74) is 6.33. The van der Waals surface area contributed by atoms with Crippen LogP contribution in [0.1, 0.15) is 32.6 Å². The van der Waals surface area contributed by atoms with Gasteiger partial charge in [-0.25, -0.2) is 0 Å². The maximum absolute atomic E-state index is 12.5. The average Bonchev–Trinajstić information content (AvgIpc) is 2.66. The van der Waals surface area contributed by atoms with Crippen LogP contribution in [0.25, 0.3) is 0 Å². The molecule has 132 valence electrons. The van der Waals surface area contributed by atoms with E-state index in [0.29, 0.717) is 5.56 Å². The predicted molar refractivity (Wildman–Crippen MR) is 112 cm³/mol. The van der Waals surface area contributed by atoms with Crippen LogP contribution in [0, 0.1) is 13.8 Å². The Morgan fingerprint density at radius 1 is 0.846 bits per heavy atom. The molecule has 0 aliphatic heterocycles. The summed E-state index contributed by atoms with van der Waals surface area (Å²) >= 11 is 1.88. The van der Waals surface area contributed by atoms with Crippen molar-refractivity contribution in [3.05, 3.63) is 101 Å². The largest absolute Gasteiger partial charge is 0.322 e. The number of nitrogens with one attached hydrogen (secondary N) is 1. The number of carbonyl (C=O) groups excluding carboxylic acids is 1. The van der Waals surface area contributed by atoms with Crippen LogP contribution in [0.3, 0.4) is 0 Å². The molecule has 0 bridgehead atoms. The zero-order valence-corrected chi connectivity index (χ0v) is 16.0. The second-order valence-corrected chi connectivity index (χ2v) is 7.43. The van der Waals surface area contributed by atoms with Gasteiger partial charge in [0.15, 0.2) is 0 Å². The highest BCUT2D eigenvalue weighted by Gasteiger charge is 2.08. The summed E-state index contributed by atoms with van der Waals surface area (Å²) in [6.45, 7) is 4.03. The number of anilines is 1. The predicted octanol–water partition coefficient (Wildman–Crippen LogP) is 5.99. The van der Waals surface area contributed by atoms with Crippen LogP contribution in [0.15, 0.2) is 72.8 Å². The van der Waals surface area contributed by atoms with Crippen LogP contribution in [0.5, 0.6) is 0 Å². The normalized spacial score (nSPS) is 10.5. The van der Waals surface area contributed by atoms with Crippen molar-refractivity contribution in [1.29, 1.82) is 0 Å². The number of hydrogen-bond acceptors (Lipinski definition) is 2. The summed E-state index contributed by atoms with van der Waals surface area (Å²) in [6.07, 6.45) is 0. The molecule has 3 rings (SSSR count). The van der Waals surface area contributed by atoms with E-state index in [-0.39, 0.29) is 5.91 Å². The molecule has 0 fully saturated rings. The van der Waals surface area contributed by atoms with E-state index in [1.807, 2.05) is 74.1 Å². The summed E-state index contributed by atoms with van der Waals surface area (Å²) in [4.78, 5) is 12.5. The summed E-state index contributed by atoms with van der Waals surface area (Å²) in [7, 11) is 0. The lowest BCUT2D eigenvalue weighted by molar-refractivity contribution is 0.102. The van der Waals surface area contributed by atoms with Gasteiger partial charge in [0, 0.05) is 22.8 Å². The fraction of sp³-hybridized carbons (Fsp3) is 0.174. The summed E-state index contributed by atoms with van der Waals surface area (Å²) in [6, 6.07) is 24.4. The molecule has 2 nitrogen and oxygen atoms in total. The zero-order valence-electron chi connectivity index (χ0n) is 15.2. The molecule has 1 N–H and O–H groups in total. The number of amides is 1. The minimum Gasteiger partial charge on any atom is -0.322 e. The first kappa shape index (κ1) is 18.3. The monoisotopic (exact) mass is 361 g/mol. The van der Waals surface area contributed by atoms with E-state index >= 15 is 0 Å². The van der Waals surface area contributed by atoms with E-state index in [9.17, 15) is 4.79 Å². The summed E-state index contributed by atoms with van der Waals surface area (Å²) in [5, 5.41) is 3.01. The van der Waals surface area contributed by atoms with Crippen molar-refractivity contribution in [3.63, 3.8) is 0 Å². The SMILES string of the molecule is Cc1ccc(C)c(NC(=O)c2ccc(CSCc3ccccc3)cc2)c1. The van der Waals surface area contributed by atoms with Gasteiger partial charge >= 0.3 is 0 Å². The standard InChI is InChI=1S/C23H23NOS/c1-17-8-9-18(2)22(14-17)24-23(25)21-12-10-20(11-13-21)16-26-15-19-6-4-3-5-7-19/h3-14H,15-16H2,1-2H3,(H,24,25). The van der Waals surface area contributed by atoms with Gasteiger partial charge in [0.05, 0.1) is 0 Å². The van der Waals surface area contributed by atoms with Crippen molar-refractivity contribution in [1.82, 2.24) is 0 Å². The quantitative estimate of drug-likeness (QED) is 0.584. The maximum atomic E-state index is 12.5. The minimum atomic E-state index is -0.0674. The van der Waals surface area contributed by atoms with Gasteiger partial charge in [-0.05, 0) is 54.3 Å². The van der Waals surface area contributed by atoms with Gasteiger partial charge in [-0.3, -0.25) is 4.79 Å². The van der Waals surface area contributed by atoms with Crippen LogP contribution in [0.4, 0.5) is 5.69 Å². The van der Waals surface area contributed by atoms with Gasteiger partial charge in [-0.2, -0.15) is 11.8 Å². The van der Waals surface area contributed by atoms with Gasteiger partial charge in [0.25, 0.3) is 5.91 Å². The highest BCUT2D eigenvalue weighted by molar-refractivity contribution is 7.97. The van der Waals surface area contributed by atoms with Crippen molar-refractivity contribution in [2.45, 2.75) is 25.4 Å². The second kappa shape index (κ2) is 8.72. The van der Waals surface area contributed by atoms with Crippen molar-refractivity contribution in [2.75, 3.05) is 5.32 Å². The summed E-state index contributed by atoms with van der Waals surface area (Å²) in [5.74, 6) is 1.87. The van der Waals surface area contributed by atoms with E-state index in [2.05, 4.69) is 29.6 Å². The van der Waals surface area contributed by atoms with E-state index in [1.165, 1.54) is 11.1 Å². The second-order valence-electron chi connectivity index (χ2n) is 6.45. The van der Waals surface area contributed by atoms with E-state index in [4.69, 9.17) is 0 Å². The van der Waals surface area contributed by atoms with Crippen molar-refractivity contribution >= 4 is 23.4 Å². The first-order chi connectivity index (χ1) is 12.6. The lowest BCUT2D eigenvalue weighted by atomic mass is 10.1.